The van der Waals surface area contributed by atoms with E-state index in [-0.39, 0.29) is 24.1 Å². The molecule has 2 aromatic heterocycles. The molecule has 1 amide bonds. The van der Waals surface area contributed by atoms with Gasteiger partial charge in [-0.1, -0.05) is 12.1 Å². The largest absolute Gasteiger partial charge is 0.496 e. The minimum absolute atomic E-state index is 0.0861. The van der Waals surface area contributed by atoms with Crippen LogP contribution < -0.4 is 15.0 Å². The van der Waals surface area contributed by atoms with Gasteiger partial charge in [0.05, 0.1) is 19.4 Å². The van der Waals surface area contributed by atoms with E-state index in [0.717, 1.165) is 22.8 Å². The Morgan fingerprint density at radius 1 is 1.15 bits per heavy atom. The Kier molecular flexibility index (Phi) is 7.13. The molecule has 1 aromatic carbocycles. The van der Waals surface area contributed by atoms with Gasteiger partial charge in [-0.05, 0) is 44.0 Å². The van der Waals surface area contributed by atoms with E-state index in [4.69, 9.17) is 9.47 Å². The van der Waals surface area contributed by atoms with Crippen molar-refractivity contribution < 1.29 is 19.1 Å². The normalized spacial score (nSPS) is 14.1. The van der Waals surface area contributed by atoms with Crippen molar-refractivity contribution in [2.75, 3.05) is 37.0 Å². The van der Waals surface area contributed by atoms with Crippen LogP contribution in [0.1, 0.15) is 30.3 Å². The van der Waals surface area contributed by atoms with Crippen molar-refractivity contribution in [1.82, 2.24) is 15.2 Å². The van der Waals surface area contributed by atoms with Crippen molar-refractivity contribution >= 4 is 34.2 Å². The zero-order valence-corrected chi connectivity index (χ0v) is 19.3. The first-order chi connectivity index (χ1) is 16.1. The van der Waals surface area contributed by atoms with Crippen molar-refractivity contribution in [3.63, 3.8) is 0 Å². The molecule has 172 valence electrons. The third-order valence-electron chi connectivity index (χ3n) is 5.44. The second-order valence-electron chi connectivity index (χ2n) is 7.49. The van der Waals surface area contributed by atoms with Gasteiger partial charge in [-0.15, -0.1) is 21.5 Å². The Balaban J connectivity index is 1.32. The summed E-state index contributed by atoms with van der Waals surface area (Å²) < 4.78 is 10.3. The van der Waals surface area contributed by atoms with Crippen molar-refractivity contribution in [2.45, 2.75) is 19.8 Å². The van der Waals surface area contributed by atoms with Gasteiger partial charge in [0.15, 0.2) is 16.6 Å². The molecule has 1 aliphatic rings. The minimum Gasteiger partial charge on any atom is -0.496 e. The lowest BCUT2D eigenvalue weighted by Crippen LogP contribution is -2.38. The number of para-hydroxylation sites is 1. The predicted octanol–water partition coefficient (Wildman–Crippen LogP) is 3.64. The molecule has 9 nitrogen and oxygen atoms in total. The maximum atomic E-state index is 12.7. The van der Waals surface area contributed by atoms with Crippen LogP contribution in [0, 0.1) is 5.92 Å². The highest BCUT2D eigenvalue weighted by molar-refractivity contribution is 7.14. The van der Waals surface area contributed by atoms with E-state index >= 15 is 0 Å². The number of nitrogens with one attached hydrogen (secondary N) is 1. The molecule has 0 unspecified atom stereocenters. The number of carbonyl (C=O) groups is 2. The molecule has 0 bridgehead atoms. The third kappa shape index (κ3) is 5.28. The summed E-state index contributed by atoms with van der Waals surface area (Å²) in [5, 5.41) is 13.6. The topological polar surface area (TPSA) is 107 Å². The smallest absolute Gasteiger partial charge is 0.357 e. The Labute approximate surface area is 195 Å². The van der Waals surface area contributed by atoms with E-state index in [1.807, 2.05) is 36.4 Å². The van der Waals surface area contributed by atoms with Crippen LogP contribution in [-0.4, -0.2) is 53.9 Å². The first-order valence-electron chi connectivity index (χ1n) is 10.7. The van der Waals surface area contributed by atoms with Crippen LogP contribution in [0.5, 0.6) is 5.75 Å². The molecule has 3 heterocycles. The van der Waals surface area contributed by atoms with Crippen molar-refractivity contribution in [3.8, 4) is 17.0 Å². The molecule has 33 heavy (non-hydrogen) atoms. The summed E-state index contributed by atoms with van der Waals surface area (Å²) in [7, 11) is 1.63. The summed E-state index contributed by atoms with van der Waals surface area (Å²) in [4.78, 5) is 30.7. The molecule has 0 aliphatic carbocycles. The lowest BCUT2D eigenvalue weighted by molar-refractivity contribution is -0.120. The number of hydrogen-bond acceptors (Lipinski definition) is 9. The SMILES string of the molecule is CCOC(=O)c1csc(NC(=O)C2CCN(c3ccc(-c4ccccc4OC)nn3)CC2)n1. The minimum atomic E-state index is -0.486. The molecule has 0 spiro atoms. The maximum Gasteiger partial charge on any atom is 0.357 e. The lowest BCUT2D eigenvalue weighted by atomic mass is 9.96. The van der Waals surface area contributed by atoms with Crippen LogP contribution in [0.25, 0.3) is 11.3 Å². The summed E-state index contributed by atoms with van der Waals surface area (Å²) >= 11 is 1.21. The second-order valence-corrected chi connectivity index (χ2v) is 8.34. The summed E-state index contributed by atoms with van der Waals surface area (Å²) in [5.41, 5.74) is 1.85. The van der Waals surface area contributed by atoms with Gasteiger partial charge in [0.25, 0.3) is 0 Å². The van der Waals surface area contributed by atoms with E-state index < -0.39 is 5.97 Å². The van der Waals surface area contributed by atoms with Gasteiger partial charge in [-0.3, -0.25) is 4.79 Å². The van der Waals surface area contributed by atoms with Crippen LogP contribution in [0.4, 0.5) is 10.9 Å². The van der Waals surface area contributed by atoms with Gasteiger partial charge in [0.2, 0.25) is 5.91 Å². The number of aromatic nitrogens is 3. The number of methoxy groups -OCH3 is 1. The zero-order valence-electron chi connectivity index (χ0n) is 18.5. The third-order valence-corrected chi connectivity index (χ3v) is 6.20. The highest BCUT2D eigenvalue weighted by Gasteiger charge is 2.27. The summed E-state index contributed by atoms with van der Waals surface area (Å²) in [5.74, 6) is 0.835. The number of hydrogen-bond donors (Lipinski definition) is 1. The number of ether oxygens (including phenoxy) is 2. The zero-order chi connectivity index (χ0) is 23.2. The van der Waals surface area contributed by atoms with E-state index in [2.05, 4.69) is 25.4 Å². The standard InChI is InChI=1S/C23H25N5O4S/c1-3-32-22(30)18-14-33-23(24-18)25-21(29)15-10-12-28(13-11-15)20-9-8-17(26-27-20)16-6-4-5-7-19(16)31-2/h4-9,14-15H,3,10-13H2,1-2H3,(H,24,25,29). The number of amides is 1. The van der Waals surface area contributed by atoms with Crippen LogP contribution in [-0.2, 0) is 9.53 Å². The van der Waals surface area contributed by atoms with E-state index in [0.29, 0.717) is 31.1 Å². The van der Waals surface area contributed by atoms with Crippen molar-refractivity contribution in [1.29, 1.82) is 0 Å². The molecule has 0 radical (unpaired) electrons. The van der Waals surface area contributed by atoms with Crippen LogP contribution in [0.3, 0.4) is 0 Å². The van der Waals surface area contributed by atoms with Gasteiger partial charge >= 0.3 is 5.97 Å². The fraction of sp³-hybridized carbons (Fsp3) is 0.348. The Hall–Kier alpha value is -3.53. The maximum absolute atomic E-state index is 12.7. The first-order valence-corrected chi connectivity index (χ1v) is 11.6. The number of rotatable bonds is 7. The lowest BCUT2D eigenvalue weighted by Gasteiger charge is -2.31. The number of piperidine rings is 1. The molecule has 1 N–H and O–H groups in total. The molecule has 1 fully saturated rings. The second kappa shape index (κ2) is 10.4. The molecule has 4 rings (SSSR count). The number of anilines is 2. The highest BCUT2D eigenvalue weighted by atomic mass is 32.1. The predicted molar refractivity (Wildman–Crippen MR) is 126 cm³/mol. The fourth-order valence-electron chi connectivity index (χ4n) is 3.70. The molecule has 1 saturated heterocycles. The number of carbonyl (C=O) groups excluding carboxylic acids is 2. The number of benzene rings is 1. The molecule has 10 heteroatoms. The quantitative estimate of drug-likeness (QED) is 0.525. The van der Waals surface area contributed by atoms with Gasteiger partial charge in [0.1, 0.15) is 5.75 Å². The van der Waals surface area contributed by atoms with E-state index in [1.54, 1.807) is 19.4 Å². The number of nitrogens with zero attached hydrogens (tertiary/aromatic N) is 4. The van der Waals surface area contributed by atoms with E-state index in [1.165, 1.54) is 11.3 Å². The Morgan fingerprint density at radius 3 is 2.64 bits per heavy atom. The molecule has 3 aromatic rings. The molecular weight excluding hydrogens is 442 g/mol. The molecule has 0 atom stereocenters. The van der Waals surface area contributed by atoms with Gasteiger partial charge < -0.3 is 19.7 Å². The van der Waals surface area contributed by atoms with Crippen LogP contribution in [0.15, 0.2) is 41.8 Å². The first kappa shape index (κ1) is 22.7. The summed E-state index contributed by atoms with van der Waals surface area (Å²) in [6.07, 6.45) is 1.38. The molecular formula is C23H25N5O4S. The number of thiazole rings is 1. The molecule has 1 aliphatic heterocycles. The van der Waals surface area contributed by atoms with Gasteiger partial charge in [-0.25, -0.2) is 9.78 Å². The molecule has 0 saturated carbocycles. The summed E-state index contributed by atoms with van der Waals surface area (Å²) in [6, 6.07) is 11.6. The van der Waals surface area contributed by atoms with Crippen LogP contribution in [0.2, 0.25) is 0 Å². The Bertz CT molecular complexity index is 1110. The van der Waals surface area contributed by atoms with Crippen LogP contribution >= 0.6 is 11.3 Å². The average Bonchev–Trinajstić information content (AvgIpc) is 3.33. The van der Waals surface area contributed by atoms with Crippen molar-refractivity contribution in [3.05, 3.63) is 47.5 Å². The highest BCUT2D eigenvalue weighted by Crippen LogP contribution is 2.29. The Morgan fingerprint density at radius 2 is 1.94 bits per heavy atom. The van der Waals surface area contributed by atoms with E-state index in [9.17, 15) is 9.59 Å². The summed E-state index contributed by atoms with van der Waals surface area (Å²) in [6.45, 7) is 3.42. The fourth-order valence-corrected chi connectivity index (χ4v) is 4.38. The van der Waals surface area contributed by atoms with Gasteiger partial charge in [0, 0.05) is 30.0 Å². The average molecular weight is 468 g/mol. The van der Waals surface area contributed by atoms with Gasteiger partial charge in [-0.2, -0.15) is 0 Å². The van der Waals surface area contributed by atoms with Crippen molar-refractivity contribution in [2.24, 2.45) is 5.92 Å². The monoisotopic (exact) mass is 467 g/mol. The number of esters is 1.